The number of Topliss-reactive ketones (excluding diaryl/α,β-unsaturated/α-hetero) is 2. The van der Waals surface area contributed by atoms with Crippen LogP contribution in [-0.2, 0) is 4.87 Å². The third-order valence-corrected chi connectivity index (χ3v) is 4.09. The normalized spacial score (nSPS) is 16.1. The molecule has 0 spiro atoms. The smallest absolute Gasteiger partial charge is 0.196 e. The molecule has 0 saturated carbocycles. The molecule has 0 radical (unpaired) electrons. The predicted octanol–water partition coefficient (Wildman–Crippen LogP) is 3.21. The standard InChI is InChI=1S/C16H11ClO3/c1-20-11-8-6-10(7-9-11)16(17)14(18)12-4-2-3-5-13(12)15(16)19/h2-9H,1H3. The Morgan fingerprint density at radius 3 is 1.85 bits per heavy atom. The van der Waals surface area contributed by atoms with E-state index in [1.807, 2.05) is 0 Å². The molecule has 3 nitrogen and oxygen atoms in total. The minimum Gasteiger partial charge on any atom is -0.497 e. The molecule has 20 heavy (non-hydrogen) atoms. The lowest BCUT2D eigenvalue weighted by molar-refractivity contribution is 0.0861. The molecule has 2 aromatic rings. The highest BCUT2D eigenvalue weighted by Crippen LogP contribution is 2.43. The summed E-state index contributed by atoms with van der Waals surface area (Å²) in [6, 6.07) is 13.4. The number of ether oxygens (including phenoxy) is 1. The van der Waals surface area contributed by atoms with Gasteiger partial charge >= 0.3 is 0 Å². The van der Waals surface area contributed by atoms with E-state index in [4.69, 9.17) is 16.3 Å². The zero-order chi connectivity index (χ0) is 14.3. The van der Waals surface area contributed by atoms with Gasteiger partial charge in [0.25, 0.3) is 0 Å². The van der Waals surface area contributed by atoms with Crippen molar-refractivity contribution in [2.45, 2.75) is 4.87 Å². The van der Waals surface area contributed by atoms with Gasteiger partial charge < -0.3 is 4.74 Å². The van der Waals surface area contributed by atoms with Gasteiger partial charge in [-0.05, 0) is 17.7 Å². The first-order valence-corrected chi connectivity index (χ1v) is 6.49. The Balaban J connectivity index is 2.13. The van der Waals surface area contributed by atoms with E-state index in [1.54, 1.807) is 55.6 Å². The SMILES string of the molecule is COc1ccc(C2(Cl)C(=O)c3ccccc3C2=O)cc1. The Hall–Kier alpha value is -2.13. The number of carbonyl (C=O) groups excluding carboxylic acids is 2. The lowest BCUT2D eigenvalue weighted by Gasteiger charge is -2.18. The number of rotatable bonds is 2. The zero-order valence-corrected chi connectivity index (χ0v) is 11.5. The van der Waals surface area contributed by atoms with Crippen LogP contribution in [0, 0.1) is 0 Å². The first kappa shape index (κ1) is 12.9. The molecule has 3 rings (SSSR count). The highest BCUT2D eigenvalue weighted by atomic mass is 35.5. The van der Waals surface area contributed by atoms with E-state index in [9.17, 15) is 9.59 Å². The molecular formula is C16H11ClO3. The molecule has 1 aliphatic rings. The van der Waals surface area contributed by atoms with Crippen molar-refractivity contribution in [3.63, 3.8) is 0 Å². The van der Waals surface area contributed by atoms with E-state index in [1.165, 1.54) is 0 Å². The monoisotopic (exact) mass is 286 g/mol. The summed E-state index contributed by atoms with van der Waals surface area (Å²) in [4.78, 5) is 23.3. The maximum absolute atomic E-state index is 12.5. The van der Waals surface area contributed by atoms with Crippen LogP contribution in [0.1, 0.15) is 26.3 Å². The van der Waals surface area contributed by atoms with Crippen LogP contribution < -0.4 is 4.74 Å². The number of carbonyl (C=O) groups is 2. The van der Waals surface area contributed by atoms with Crippen molar-refractivity contribution in [1.29, 1.82) is 0 Å². The third-order valence-electron chi connectivity index (χ3n) is 3.53. The Bertz CT molecular complexity index is 669. The van der Waals surface area contributed by atoms with Crippen LogP contribution in [0.5, 0.6) is 5.75 Å². The highest BCUT2D eigenvalue weighted by molar-refractivity contribution is 6.54. The van der Waals surface area contributed by atoms with Gasteiger partial charge in [-0.15, -0.1) is 0 Å². The second-order valence-corrected chi connectivity index (χ2v) is 5.16. The van der Waals surface area contributed by atoms with E-state index >= 15 is 0 Å². The van der Waals surface area contributed by atoms with E-state index < -0.39 is 4.87 Å². The average Bonchev–Trinajstić information content (AvgIpc) is 2.71. The number of methoxy groups -OCH3 is 1. The topological polar surface area (TPSA) is 43.4 Å². The van der Waals surface area contributed by atoms with Gasteiger partial charge in [-0.2, -0.15) is 0 Å². The minimum absolute atomic E-state index is 0.370. The maximum Gasteiger partial charge on any atom is 0.196 e. The fourth-order valence-electron chi connectivity index (χ4n) is 2.44. The molecule has 0 saturated heterocycles. The number of benzene rings is 2. The van der Waals surface area contributed by atoms with Crippen LogP contribution in [0.2, 0.25) is 0 Å². The fraction of sp³-hybridized carbons (Fsp3) is 0.125. The van der Waals surface area contributed by atoms with Gasteiger partial charge in [-0.3, -0.25) is 9.59 Å². The molecule has 0 aliphatic heterocycles. The lowest BCUT2D eigenvalue weighted by atomic mass is 9.93. The molecule has 0 unspecified atom stereocenters. The van der Waals surface area contributed by atoms with Crippen LogP contribution in [0.15, 0.2) is 48.5 Å². The molecule has 4 heteroatoms. The summed E-state index contributed by atoms with van der Waals surface area (Å²) in [5.41, 5.74) is 1.22. The number of alkyl halides is 1. The minimum atomic E-state index is -1.66. The van der Waals surface area contributed by atoms with Crippen LogP contribution in [-0.4, -0.2) is 18.7 Å². The first-order chi connectivity index (χ1) is 9.59. The maximum atomic E-state index is 12.5. The summed E-state index contributed by atoms with van der Waals surface area (Å²) in [5, 5.41) is 0. The van der Waals surface area contributed by atoms with Crippen molar-refractivity contribution >= 4 is 23.2 Å². The molecular weight excluding hydrogens is 276 g/mol. The quantitative estimate of drug-likeness (QED) is 0.629. The predicted molar refractivity (Wildman–Crippen MR) is 75.6 cm³/mol. The molecule has 0 heterocycles. The van der Waals surface area contributed by atoms with Crippen molar-refractivity contribution < 1.29 is 14.3 Å². The van der Waals surface area contributed by atoms with Gasteiger partial charge in [0, 0.05) is 11.1 Å². The van der Waals surface area contributed by atoms with Gasteiger partial charge in [-0.25, -0.2) is 0 Å². The molecule has 0 bridgehead atoms. The van der Waals surface area contributed by atoms with Crippen LogP contribution in [0.4, 0.5) is 0 Å². The molecule has 1 aliphatic carbocycles. The number of ketones is 2. The second kappa shape index (κ2) is 4.46. The van der Waals surface area contributed by atoms with E-state index in [0.29, 0.717) is 22.4 Å². The fourth-order valence-corrected chi connectivity index (χ4v) is 2.77. The average molecular weight is 287 g/mol. The van der Waals surface area contributed by atoms with Gasteiger partial charge in [0.15, 0.2) is 16.4 Å². The van der Waals surface area contributed by atoms with Gasteiger partial charge in [0.2, 0.25) is 0 Å². The van der Waals surface area contributed by atoms with Crippen molar-refractivity contribution in [1.82, 2.24) is 0 Å². The largest absolute Gasteiger partial charge is 0.497 e. The molecule has 2 aromatic carbocycles. The van der Waals surface area contributed by atoms with E-state index in [2.05, 4.69) is 0 Å². The van der Waals surface area contributed by atoms with Crippen molar-refractivity contribution in [3.05, 3.63) is 65.2 Å². The highest BCUT2D eigenvalue weighted by Gasteiger charge is 2.52. The summed E-state index contributed by atoms with van der Waals surface area (Å²) >= 11 is 6.42. The van der Waals surface area contributed by atoms with Crippen molar-refractivity contribution in [2.75, 3.05) is 7.11 Å². The Morgan fingerprint density at radius 2 is 1.40 bits per heavy atom. The molecule has 0 aromatic heterocycles. The molecule has 0 N–H and O–H groups in total. The molecule has 100 valence electrons. The number of hydrogen-bond donors (Lipinski definition) is 0. The van der Waals surface area contributed by atoms with E-state index in [-0.39, 0.29) is 11.6 Å². The molecule has 0 atom stereocenters. The summed E-state index contributed by atoms with van der Waals surface area (Å²) in [6.45, 7) is 0. The molecule has 0 amide bonds. The van der Waals surface area contributed by atoms with Crippen LogP contribution in [0.3, 0.4) is 0 Å². The summed E-state index contributed by atoms with van der Waals surface area (Å²) in [6.07, 6.45) is 0. The van der Waals surface area contributed by atoms with Gasteiger partial charge in [0.1, 0.15) is 5.75 Å². The van der Waals surface area contributed by atoms with Crippen molar-refractivity contribution in [2.24, 2.45) is 0 Å². The summed E-state index contributed by atoms with van der Waals surface area (Å²) in [7, 11) is 1.55. The van der Waals surface area contributed by atoms with Crippen LogP contribution >= 0.6 is 11.6 Å². The Kier molecular flexibility index (Phi) is 2.87. The number of hydrogen-bond acceptors (Lipinski definition) is 3. The Morgan fingerprint density at radius 1 is 0.900 bits per heavy atom. The number of halogens is 1. The Labute approximate surface area is 121 Å². The van der Waals surface area contributed by atoms with Crippen LogP contribution in [0.25, 0.3) is 0 Å². The summed E-state index contributed by atoms with van der Waals surface area (Å²) in [5.74, 6) is -0.0979. The van der Waals surface area contributed by atoms with Gasteiger partial charge in [0.05, 0.1) is 7.11 Å². The summed E-state index contributed by atoms with van der Waals surface area (Å²) < 4.78 is 5.07. The van der Waals surface area contributed by atoms with Gasteiger partial charge in [-0.1, -0.05) is 48.0 Å². The first-order valence-electron chi connectivity index (χ1n) is 6.11. The van der Waals surface area contributed by atoms with E-state index in [0.717, 1.165) is 0 Å². The van der Waals surface area contributed by atoms with Crippen molar-refractivity contribution in [3.8, 4) is 5.75 Å². The lowest BCUT2D eigenvalue weighted by Crippen LogP contribution is -2.31. The zero-order valence-electron chi connectivity index (χ0n) is 10.7. The third kappa shape index (κ3) is 1.60. The number of fused-ring (bicyclic) bond motifs is 1. The second-order valence-electron chi connectivity index (χ2n) is 4.59. The molecule has 0 fully saturated rings.